The summed E-state index contributed by atoms with van der Waals surface area (Å²) in [4.78, 5) is 45.3. The van der Waals surface area contributed by atoms with Gasteiger partial charge in [0, 0.05) is 28.1 Å². The van der Waals surface area contributed by atoms with Crippen molar-refractivity contribution in [2.24, 2.45) is 11.8 Å². The summed E-state index contributed by atoms with van der Waals surface area (Å²) in [6.07, 6.45) is 1.89. The van der Waals surface area contributed by atoms with E-state index in [0.29, 0.717) is 15.6 Å². The van der Waals surface area contributed by atoms with Gasteiger partial charge in [0.2, 0.25) is 0 Å². The third kappa shape index (κ3) is 4.71. The van der Waals surface area contributed by atoms with E-state index >= 15 is 0 Å². The lowest BCUT2D eigenvalue weighted by molar-refractivity contribution is -0.150. The zero-order chi connectivity index (χ0) is 24.7. The molecule has 3 atom stereocenters. The van der Waals surface area contributed by atoms with Gasteiger partial charge in [-0.1, -0.05) is 52.3 Å². The van der Waals surface area contributed by atoms with E-state index in [1.165, 1.54) is 23.2 Å². The smallest absolute Gasteiger partial charge is 0.329 e. The number of carboxylic acids is 1. The van der Waals surface area contributed by atoms with Crippen LogP contribution in [0.15, 0.2) is 29.8 Å². The Morgan fingerprint density at radius 2 is 1.97 bits per heavy atom. The number of hydrogen-bond donors (Lipinski definition) is 1. The van der Waals surface area contributed by atoms with Crippen LogP contribution in [0.1, 0.15) is 81.4 Å². The van der Waals surface area contributed by atoms with Crippen molar-refractivity contribution in [2.75, 3.05) is 0 Å². The van der Waals surface area contributed by atoms with Crippen molar-refractivity contribution in [3.8, 4) is 0 Å². The van der Waals surface area contributed by atoms with Gasteiger partial charge in [0.15, 0.2) is 0 Å². The van der Waals surface area contributed by atoms with Crippen LogP contribution in [0, 0.1) is 11.8 Å². The molecular formula is C25H31ClN2O4S. The molecule has 8 heteroatoms. The lowest BCUT2D eigenvalue weighted by Gasteiger charge is -2.38. The number of carbonyl (C=O) groups excluding carboxylic acids is 2. The highest BCUT2D eigenvalue weighted by molar-refractivity contribution is 7.09. The van der Waals surface area contributed by atoms with Crippen molar-refractivity contribution >= 4 is 40.6 Å². The van der Waals surface area contributed by atoms with Crippen LogP contribution in [0.5, 0.6) is 0 Å². The molecule has 1 aromatic heterocycles. The molecule has 1 amide bonds. The van der Waals surface area contributed by atoms with Gasteiger partial charge in [-0.25, -0.2) is 9.78 Å². The second kappa shape index (κ2) is 9.18. The molecular weight excluding hydrogens is 460 g/mol. The number of benzene rings is 1. The number of thiazole rings is 1. The molecule has 2 heterocycles. The first-order valence-electron chi connectivity index (χ1n) is 11.1. The molecule has 178 valence electrons. The van der Waals surface area contributed by atoms with E-state index in [1.54, 1.807) is 23.7 Å². The monoisotopic (exact) mass is 490 g/mol. The molecule has 1 aliphatic rings. The normalized spacial score (nSPS) is 23.2. The molecule has 1 N–H and O–H groups in total. The molecule has 0 aliphatic carbocycles. The summed E-state index contributed by atoms with van der Waals surface area (Å²) >= 11 is 7.87. The lowest BCUT2D eigenvalue weighted by atomic mass is 9.82. The number of likely N-dealkylation sites (tertiary alicyclic amines) is 1. The molecule has 3 rings (SSSR count). The molecule has 1 fully saturated rings. The van der Waals surface area contributed by atoms with Gasteiger partial charge in [-0.3, -0.25) is 9.59 Å². The van der Waals surface area contributed by atoms with Crippen LogP contribution >= 0.6 is 22.9 Å². The van der Waals surface area contributed by atoms with Gasteiger partial charge in [-0.2, -0.15) is 0 Å². The fourth-order valence-corrected chi connectivity index (χ4v) is 6.16. The number of halogens is 1. The Balaban J connectivity index is 2.21. The zero-order valence-corrected chi connectivity index (χ0v) is 21.5. The Labute approximate surface area is 204 Å². The maximum atomic E-state index is 14.0. The number of amides is 1. The summed E-state index contributed by atoms with van der Waals surface area (Å²) in [5.41, 5.74) is -0.537. The number of hydrogen-bond acceptors (Lipinski definition) is 5. The van der Waals surface area contributed by atoms with Crippen molar-refractivity contribution in [1.29, 1.82) is 0 Å². The number of ketones is 1. The average Bonchev–Trinajstić information content (AvgIpc) is 3.32. The third-order valence-corrected chi connectivity index (χ3v) is 7.45. The molecule has 0 saturated carbocycles. The van der Waals surface area contributed by atoms with Gasteiger partial charge in [0.25, 0.3) is 5.91 Å². The van der Waals surface area contributed by atoms with Crippen LogP contribution in [0.3, 0.4) is 0 Å². The van der Waals surface area contributed by atoms with Gasteiger partial charge in [-0.05, 0) is 48.8 Å². The van der Waals surface area contributed by atoms with E-state index in [0.717, 1.165) is 5.56 Å². The molecule has 1 saturated heterocycles. The lowest BCUT2D eigenvalue weighted by Crippen LogP contribution is -2.54. The average molecular weight is 491 g/mol. The summed E-state index contributed by atoms with van der Waals surface area (Å²) < 4.78 is 0. The molecule has 0 bridgehead atoms. The highest BCUT2D eigenvalue weighted by atomic mass is 35.5. The Hall–Kier alpha value is -2.25. The summed E-state index contributed by atoms with van der Waals surface area (Å²) in [5, 5.41) is 13.2. The minimum absolute atomic E-state index is 0.00842. The summed E-state index contributed by atoms with van der Waals surface area (Å²) in [6, 6.07) is 4.37. The van der Waals surface area contributed by atoms with E-state index in [1.807, 2.05) is 40.7 Å². The van der Waals surface area contributed by atoms with Gasteiger partial charge in [0.1, 0.15) is 16.3 Å². The molecule has 33 heavy (non-hydrogen) atoms. The van der Waals surface area contributed by atoms with E-state index in [2.05, 4.69) is 4.98 Å². The first-order chi connectivity index (χ1) is 15.3. The van der Waals surface area contributed by atoms with Crippen LogP contribution in [-0.4, -0.2) is 38.2 Å². The van der Waals surface area contributed by atoms with E-state index in [4.69, 9.17) is 11.6 Å². The van der Waals surface area contributed by atoms with Gasteiger partial charge in [-0.15, -0.1) is 11.3 Å². The number of Topliss-reactive ketones (excluding diaryl/α,β-unsaturated/α-hetero) is 1. The van der Waals surface area contributed by atoms with Crippen LogP contribution in [0.25, 0.3) is 0 Å². The number of carboxylic acid groups (broad SMARTS) is 1. The molecule has 0 unspecified atom stereocenters. The SMILES string of the molecule is CC(=O)[C@@H]1C[C@@](CC(C)C)(C(=O)O)N(C(=O)c2ccc(C(C)(C)C)c(Cl)c2)[C@H]1c1nccs1. The predicted molar refractivity (Wildman–Crippen MR) is 130 cm³/mol. The topological polar surface area (TPSA) is 87.6 Å². The summed E-state index contributed by atoms with van der Waals surface area (Å²) in [5.74, 6) is -2.37. The van der Waals surface area contributed by atoms with Gasteiger partial charge < -0.3 is 10.0 Å². The number of aliphatic carboxylic acids is 1. The van der Waals surface area contributed by atoms with Crippen molar-refractivity contribution < 1.29 is 19.5 Å². The standard InChI is InChI=1S/C25H31ClN2O4S/c1-14(2)12-25(23(31)32)13-17(15(3)29)20(21-27-9-10-33-21)28(25)22(30)16-7-8-18(19(26)11-16)24(4,5)6/h7-11,14,17,20H,12-13H2,1-6H3,(H,31,32)/t17-,20+,25-/m0/s1. The van der Waals surface area contributed by atoms with Crippen molar-refractivity contribution in [3.05, 3.63) is 50.9 Å². The van der Waals surface area contributed by atoms with Crippen molar-refractivity contribution in [2.45, 2.75) is 71.4 Å². The van der Waals surface area contributed by atoms with Crippen LogP contribution in [0.2, 0.25) is 5.02 Å². The van der Waals surface area contributed by atoms with Crippen molar-refractivity contribution in [3.63, 3.8) is 0 Å². The molecule has 1 aromatic carbocycles. The Morgan fingerprint density at radius 3 is 2.42 bits per heavy atom. The van der Waals surface area contributed by atoms with E-state index < -0.39 is 29.4 Å². The van der Waals surface area contributed by atoms with Crippen LogP contribution < -0.4 is 0 Å². The summed E-state index contributed by atoms with van der Waals surface area (Å²) in [6.45, 7) is 11.4. The Kier molecular flexibility index (Phi) is 7.06. The quantitative estimate of drug-likeness (QED) is 0.556. The molecule has 1 aliphatic heterocycles. The van der Waals surface area contributed by atoms with E-state index in [9.17, 15) is 19.5 Å². The molecule has 2 aromatic rings. The fraction of sp³-hybridized carbons (Fsp3) is 0.520. The highest BCUT2D eigenvalue weighted by Crippen LogP contribution is 2.51. The second-order valence-corrected chi connectivity index (χ2v) is 11.6. The number of aromatic nitrogens is 1. The third-order valence-electron chi connectivity index (χ3n) is 6.29. The van der Waals surface area contributed by atoms with Gasteiger partial charge >= 0.3 is 5.97 Å². The minimum Gasteiger partial charge on any atom is -0.479 e. The summed E-state index contributed by atoms with van der Waals surface area (Å²) in [7, 11) is 0. The second-order valence-electron chi connectivity index (χ2n) is 10.3. The molecule has 0 spiro atoms. The predicted octanol–water partition coefficient (Wildman–Crippen LogP) is 5.76. The molecule has 0 radical (unpaired) electrons. The zero-order valence-electron chi connectivity index (χ0n) is 19.9. The number of rotatable bonds is 6. The van der Waals surface area contributed by atoms with Gasteiger partial charge in [0.05, 0.1) is 6.04 Å². The first-order valence-corrected chi connectivity index (χ1v) is 12.3. The number of nitrogens with zero attached hydrogens (tertiary/aromatic N) is 2. The maximum Gasteiger partial charge on any atom is 0.329 e. The molecule has 6 nitrogen and oxygen atoms in total. The van der Waals surface area contributed by atoms with Crippen LogP contribution in [0.4, 0.5) is 0 Å². The fourth-order valence-electron chi connectivity index (χ4n) is 4.90. The number of carbonyl (C=O) groups is 3. The first kappa shape index (κ1) is 25.4. The van der Waals surface area contributed by atoms with E-state index in [-0.39, 0.29) is 30.0 Å². The highest BCUT2D eigenvalue weighted by Gasteiger charge is 2.60. The van der Waals surface area contributed by atoms with Crippen LogP contribution in [-0.2, 0) is 15.0 Å². The van der Waals surface area contributed by atoms with Crippen molar-refractivity contribution in [1.82, 2.24) is 9.88 Å². The Morgan fingerprint density at radius 1 is 1.30 bits per heavy atom. The maximum absolute atomic E-state index is 14.0. The minimum atomic E-state index is -1.52. The largest absolute Gasteiger partial charge is 0.479 e. The Bertz CT molecular complexity index is 1060.